The summed E-state index contributed by atoms with van der Waals surface area (Å²) in [5, 5.41) is 3.91. The second-order valence-corrected chi connectivity index (χ2v) is 6.04. The number of anilines is 1. The highest BCUT2D eigenvalue weighted by Crippen LogP contribution is 2.41. The minimum Gasteiger partial charge on any atom is -0.320 e. The lowest BCUT2D eigenvalue weighted by Gasteiger charge is -2.04. The van der Waals surface area contributed by atoms with Crippen LogP contribution in [0.3, 0.4) is 0 Å². The Kier molecular flexibility index (Phi) is 2.64. The zero-order chi connectivity index (χ0) is 11.8. The van der Waals surface area contributed by atoms with Gasteiger partial charge in [0, 0.05) is 4.90 Å². The first-order chi connectivity index (χ1) is 8.28. The Morgan fingerprint density at radius 1 is 1.35 bits per heavy atom. The third-order valence-corrected chi connectivity index (χ3v) is 4.94. The third-order valence-electron chi connectivity index (χ3n) is 2.50. The lowest BCUT2D eigenvalue weighted by molar-refractivity contribution is 0.102. The van der Waals surface area contributed by atoms with Crippen LogP contribution in [0.2, 0.25) is 0 Å². The first-order valence-electron chi connectivity index (χ1n) is 5.36. The number of nitrogens with zero attached hydrogens (tertiary/aromatic N) is 1. The maximum absolute atomic E-state index is 12.0. The molecule has 0 bridgehead atoms. The van der Waals surface area contributed by atoms with Crippen LogP contribution in [0, 0.1) is 0 Å². The molecule has 1 aliphatic heterocycles. The van der Waals surface area contributed by atoms with E-state index >= 15 is 0 Å². The maximum atomic E-state index is 12.0. The van der Waals surface area contributed by atoms with Crippen molar-refractivity contribution in [1.29, 1.82) is 0 Å². The van der Waals surface area contributed by atoms with Gasteiger partial charge in [0.15, 0.2) is 5.69 Å². The number of hydrogen-bond donors (Lipinski definition) is 1. The number of aryl methyl sites for hydroxylation is 1. The van der Waals surface area contributed by atoms with Gasteiger partial charge in [-0.25, -0.2) is 4.98 Å². The average molecular weight is 262 g/mol. The van der Waals surface area contributed by atoms with Crippen molar-refractivity contribution in [2.24, 2.45) is 0 Å². The van der Waals surface area contributed by atoms with Crippen molar-refractivity contribution in [2.45, 2.75) is 22.4 Å². The second kappa shape index (κ2) is 4.16. The number of hydrogen-bond acceptors (Lipinski definition) is 4. The molecule has 2 aromatic rings. The first-order valence-corrected chi connectivity index (χ1v) is 6.99. The number of benzene rings is 1. The van der Waals surface area contributed by atoms with E-state index in [0.29, 0.717) is 5.69 Å². The molecule has 1 amide bonds. The summed E-state index contributed by atoms with van der Waals surface area (Å²) in [4.78, 5) is 17.5. The number of para-hydroxylation sites is 1. The maximum Gasteiger partial charge on any atom is 0.276 e. The zero-order valence-corrected chi connectivity index (χ0v) is 10.8. The molecule has 1 aromatic carbocycles. The molecule has 3 nitrogen and oxygen atoms in total. The fraction of sp³-hybridized carbons (Fsp3) is 0.167. The first kappa shape index (κ1) is 10.8. The van der Waals surface area contributed by atoms with Crippen molar-refractivity contribution in [1.82, 2.24) is 4.98 Å². The molecule has 0 fully saturated rings. The molecule has 1 aromatic heterocycles. The zero-order valence-electron chi connectivity index (χ0n) is 9.19. The van der Waals surface area contributed by atoms with E-state index in [1.54, 1.807) is 23.1 Å². The van der Waals surface area contributed by atoms with Gasteiger partial charge in [-0.1, -0.05) is 30.8 Å². The molecule has 1 aliphatic rings. The topological polar surface area (TPSA) is 42.0 Å². The van der Waals surface area contributed by atoms with E-state index in [2.05, 4.69) is 17.2 Å². The molecule has 0 atom stereocenters. The van der Waals surface area contributed by atoms with Gasteiger partial charge in [-0.15, -0.1) is 11.3 Å². The SMILES string of the molecule is CCc1nc2c(s1)Sc1ccccc1NC2=O. The van der Waals surface area contributed by atoms with Crippen LogP contribution < -0.4 is 5.32 Å². The number of carbonyl (C=O) groups is 1. The van der Waals surface area contributed by atoms with E-state index in [4.69, 9.17) is 0 Å². The van der Waals surface area contributed by atoms with Crippen molar-refractivity contribution in [2.75, 3.05) is 5.32 Å². The van der Waals surface area contributed by atoms with Crippen molar-refractivity contribution < 1.29 is 4.79 Å². The van der Waals surface area contributed by atoms with Crippen LogP contribution in [-0.2, 0) is 6.42 Å². The van der Waals surface area contributed by atoms with E-state index in [9.17, 15) is 4.79 Å². The molecular formula is C12H10N2OS2. The van der Waals surface area contributed by atoms with Gasteiger partial charge in [0.25, 0.3) is 5.91 Å². The molecule has 0 aliphatic carbocycles. The molecule has 3 rings (SSSR count). The minimum atomic E-state index is -0.103. The number of thiazole rings is 1. The minimum absolute atomic E-state index is 0.103. The molecule has 0 unspecified atom stereocenters. The Hall–Kier alpha value is -1.33. The number of nitrogens with one attached hydrogen (secondary N) is 1. The van der Waals surface area contributed by atoms with Crippen LogP contribution in [0.25, 0.3) is 0 Å². The largest absolute Gasteiger partial charge is 0.320 e. The summed E-state index contributed by atoms with van der Waals surface area (Å²) in [6.07, 6.45) is 0.868. The highest BCUT2D eigenvalue weighted by Gasteiger charge is 2.23. The van der Waals surface area contributed by atoms with Gasteiger partial charge >= 0.3 is 0 Å². The fourth-order valence-electron chi connectivity index (χ4n) is 1.65. The summed E-state index contributed by atoms with van der Waals surface area (Å²) in [7, 11) is 0. The second-order valence-electron chi connectivity index (χ2n) is 3.65. The van der Waals surface area contributed by atoms with Crippen LogP contribution in [0.5, 0.6) is 0 Å². The average Bonchev–Trinajstić information content (AvgIpc) is 2.69. The smallest absolute Gasteiger partial charge is 0.276 e. The van der Waals surface area contributed by atoms with Crippen LogP contribution in [0.15, 0.2) is 33.4 Å². The number of rotatable bonds is 1. The Balaban J connectivity index is 2.12. The monoisotopic (exact) mass is 262 g/mol. The summed E-state index contributed by atoms with van der Waals surface area (Å²) >= 11 is 3.22. The molecule has 17 heavy (non-hydrogen) atoms. The van der Waals surface area contributed by atoms with Gasteiger partial charge < -0.3 is 5.32 Å². The Morgan fingerprint density at radius 2 is 2.18 bits per heavy atom. The molecule has 0 spiro atoms. The van der Waals surface area contributed by atoms with E-state index in [-0.39, 0.29) is 5.91 Å². The standard InChI is InChI=1S/C12H10N2OS2/c1-2-9-14-10-11(15)13-7-5-3-4-6-8(7)16-12(10)17-9/h3-6H,2H2,1H3,(H,13,15). The van der Waals surface area contributed by atoms with Crippen LogP contribution in [-0.4, -0.2) is 10.9 Å². The number of amides is 1. The number of fused-ring (bicyclic) bond motifs is 2. The highest BCUT2D eigenvalue weighted by atomic mass is 32.2. The predicted molar refractivity (Wildman–Crippen MR) is 70.0 cm³/mol. The summed E-state index contributed by atoms with van der Waals surface area (Å²) in [5.41, 5.74) is 1.43. The van der Waals surface area contributed by atoms with Gasteiger partial charge in [0.2, 0.25) is 0 Å². The van der Waals surface area contributed by atoms with Gasteiger partial charge in [0.1, 0.15) is 0 Å². The Morgan fingerprint density at radius 3 is 3.00 bits per heavy atom. The number of aromatic nitrogens is 1. The lowest BCUT2D eigenvalue weighted by atomic mass is 10.3. The molecule has 1 N–H and O–H groups in total. The van der Waals surface area contributed by atoms with E-state index < -0.39 is 0 Å². The van der Waals surface area contributed by atoms with Crippen molar-refractivity contribution in [3.05, 3.63) is 35.0 Å². The van der Waals surface area contributed by atoms with Crippen LogP contribution in [0.1, 0.15) is 22.4 Å². The molecule has 5 heteroatoms. The van der Waals surface area contributed by atoms with Gasteiger partial charge in [0.05, 0.1) is 14.9 Å². The summed E-state index contributed by atoms with van der Waals surface area (Å²) in [6, 6.07) is 7.83. The molecular weight excluding hydrogens is 252 g/mol. The molecule has 0 saturated heterocycles. The normalized spacial score (nSPS) is 13.6. The fourth-order valence-corrected chi connectivity index (χ4v) is 3.92. The summed E-state index contributed by atoms with van der Waals surface area (Å²) in [6.45, 7) is 2.05. The molecule has 0 saturated carbocycles. The van der Waals surface area contributed by atoms with E-state index in [1.165, 1.54) is 0 Å². The molecule has 2 heterocycles. The van der Waals surface area contributed by atoms with Gasteiger partial charge in [-0.05, 0) is 18.6 Å². The highest BCUT2D eigenvalue weighted by molar-refractivity contribution is 8.01. The third kappa shape index (κ3) is 1.85. The molecule has 86 valence electrons. The van der Waals surface area contributed by atoms with Crippen LogP contribution >= 0.6 is 23.1 Å². The van der Waals surface area contributed by atoms with Crippen LogP contribution in [0.4, 0.5) is 5.69 Å². The quantitative estimate of drug-likeness (QED) is 0.856. The van der Waals surface area contributed by atoms with Gasteiger partial charge in [-0.3, -0.25) is 4.79 Å². The molecule has 0 radical (unpaired) electrons. The summed E-state index contributed by atoms with van der Waals surface area (Å²) < 4.78 is 0.990. The van der Waals surface area contributed by atoms with Crippen molar-refractivity contribution in [3.8, 4) is 0 Å². The lowest BCUT2D eigenvalue weighted by Crippen LogP contribution is -2.12. The summed E-state index contributed by atoms with van der Waals surface area (Å²) in [5.74, 6) is -0.103. The van der Waals surface area contributed by atoms with Crippen molar-refractivity contribution in [3.63, 3.8) is 0 Å². The predicted octanol–water partition coefficient (Wildman–Crippen LogP) is 3.42. The van der Waals surface area contributed by atoms with Gasteiger partial charge in [-0.2, -0.15) is 0 Å². The van der Waals surface area contributed by atoms with Crippen molar-refractivity contribution >= 4 is 34.7 Å². The van der Waals surface area contributed by atoms with E-state index in [1.807, 2.05) is 24.3 Å². The number of carbonyl (C=O) groups excluding carboxylic acids is 1. The van der Waals surface area contributed by atoms with E-state index in [0.717, 1.165) is 26.2 Å². The Labute approximate surface area is 107 Å². The Bertz CT molecular complexity index is 592.